The Kier molecular flexibility index (Phi) is 22.2. The molecule has 0 bridgehead atoms. The standard InChI is InChI=1S/3C17H18O6.C16H16O6.C2H6/c1-21-10-6-12(18)11-8-14(20)17(23-16(11)7-10)9-3-4-15(22-2)13(19)5-9;1-21-14-6-10(18)7-15-11(14)8-13(20)17(23-15)9-3-4-12(19)16(5-9)22-2;1-21-10-6-13(19)11-8-16(22-2)17(23-15(11)7-10)9-3-4-12(18)14(20)5-9;1-21-14-3-2-8(4-12(14)19)16-13(20)7-10-11(18)5-9(17)6-15(10)22-16;1-2/h3-7,14,17-20H,8H2,1-2H3;3-7,13,17-20H,8H2,1-2H3;3-7,16-20H,8H2,1-2H3;2-6,13,16-20H,7H2,1H3;1-2H3/t14-,17-;13-,17-;16-,17-;13-,16-;/m1111./s1. The van der Waals surface area contributed by atoms with Crippen molar-refractivity contribution in [3.05, 3.63) is 166 Å². The lowest BCUT2D eigenvalue weighted by molar-refractivity contribution is -0.0122. The van der Waals surface area contributed by atoms with Gasteiger partial charge in [-0.2, -0.15) is 0 Å². The van der Waals surface area contributed by atoms with Crippen molar-refractivity contribution in [3.8, 4) is 115 Å². The monoisotopic (exact) mass is 1290 g/mol. The fraction of sp³-hybridized carbons (Fsp3) is 0.304. The topological polar surface area (TPSA) is 365 Å². The minimum Gasteiger partial charge on any atom is -0.508 e. The molecule has 0 aromatic heterocycles. The maximum Gasteiger partial charge on any atom is 0.160 e. The fourth-order valence-electron chi connectivity index (χ4n) is 10.9. The van der Waals surface area contributed by atoms with Gasteiger partial charge in [-0.05, 0) is 70.8 Å². The van der Waals surface area contributed by atoms with E-state index in [-0.39, 0.29) is 76.4 Å². The van der Waals surface area contributed by atoms with Crippen LogP contribution in [0.25, 0.3) is 0 Å². The van der Waals surface area contributed by atoms with Crippen molar-refractivity contribution in [3.63, 3.8) is 0 Å². The molecule has 0 amide bonds. The van der Waals surface area contributed by atoms with E-state index < -0.39 is 42.7 Å². The van der Waals surface area contributed by atoms with Crippen molar-refractivity contribution in [2.45, 2.75) is 88.4 Å². The number of phenolic OH excluding ortho intramolecular Hbond substituents is 10. The largest absolute Gasteiger partial charge is 0.508 e. The van der Waals surface area contributed by atoms with Crippen molar-refractivity contribution in [2.24, 2.45) is 0 Å². The van der Waals surface area contributed by atoms with Gasteiger partial charge in [0.05, 0.1) is 61.0 Å². The third-order valence-electron chi connectivity index (χ3n) is 15.6. The molecule has 8 aromatic carbocycles. The third-order valence-corrected chi connectivity index (χ3v) is 15.6. The van der Waals surface area contributed by atoms with Gasteiger partial charge < -0.3 is 118 Å². The molecule has 4 aliphatic rings. The van der Waals surface area contributed by atoms with E-state index in [1.54, 1.807) is 61.7 Å². The molecule has 8 atom stereocenters. The van der Waals surface area contributed by atoms with Crippen molar-refractivity contribution in [2.75, 3.05) is 49.8 Å². The molecule has 496 valence electrons. The van der Waals surface area contributed by atoms with E-state index in [0.717, 1.165) is 0 Å². The summed E-state index contributed by atoms with van der Waals surface area (Å²) in [6, 6.07) is 30.8. The molecule has 0 aliphatic carbocycles. The van der Waals surface area contributed by atoms with E-state index in [1.165, 1.54) is 109 Å². The van der Waals surface area contributed by atoms with E-state index in [0.29, 0.717) is 115 Å². The lowest BCUT2D eigenvalue weighted by Gasteiger charge is -2.33. The van der Waals surface area contributed by atoms with Gasteiger partial charge in [-0.3, -0.25) is 0 Å². The van der Waals surface area contributed by atoms with E-state index in [9.17, 15) is 66.4 Å². The Morgan fingerprint density at radius 2 is 0.667 bits per heavy atom. The first-order valence-electron chi connectivity index (χ1n) is 29.2. The Balaban J connectivity index is 0.000000158. The smallest absolute Gasteiger partial charge is 0.160 e. The van der Waals surface area contributed by atoms with Crippen LogP contribution in [0.3, 0.4) is 0 Å². The van der Waals surface area contributed by atoms with Gasteiger partial charge >= 0.3 is 0 Å². The van der Waals surface area contributed by atoms with Crippen LogP contribution in [-0.4, -0.2) is 141 Å². The molecule has 24 heteroatoms. The van der Waals surface area contributed by atoms with Crippen LogP contribution >= 0.6 is 0 Å². The second-order valence-electron chi connectivity index (χ2n) is 21.3. The number of phenols is 10. The highest BCUT2D eigenvalue weighted by atomic mass is 16.5. The summed E-state index contributed by atoms with van der Waals surface area (Å²) in [7, 11) is 10.4. The molecule has 24 nitrogen and oxygen atoms in total. The van der Waals surface area contributed by atoms with Crippen LogP contribution in [-0.2, 0) is 30.4 Å². The first kappa shape index (κ1) is 68.5. The lowest BCUT2D eigenvalue weighted by atomic mass is 9.93. The molecule has 0 unspecified atom stereocenters. The van der Waals surface area contributed by atoms with Crippen molar-refractivity contribution in [1.29, 1.82) is 0 Å². The SMILES string of the molecule is CC.COc1cc(O)c2c(c1)O[C@H](c1ccc(O)c(O)c1)[C@H](OC)C2.COc1cc(O)c2c(c1)O[C@H](c1ccc(OC)c(O)c1)[C@H](O)C2.COc1cc([C@H]2Oc3cc(O)cc(OC)c3C[C@H]2O)ccc1O.COc1ccc([C@H]2Oc3cc(O)cc(O)c3C[C@H]2O)cc1O. The second-order valence-corrected chi connectivity index (χ2v) is 21.3. The first-order valence-corrected chi connectivity index (χ1v) is 29.2. The number of aliphatic hydroxyl groups excluding tert-OH is 3. The van der Waals surface area contributed by atoms with Gasteiger partial charge in [0, 0.05) is 104 Å². The number of aromatic hydroxyl groups is 10. The number of hydrogen-bond acceptors (Lipinski definition) is 24. The highest BCUT2D eigenvalue weighted by molar-refractivity contribution is 5.57. The fourth-order valence-corrected chi connectivity index (χ4v) is 10.9. The molecule has 8 aromatic rings. The van der Waals surface area contributed by atoms with Crippen molar-refractivity contribution < 1.29 is 118 Å². The second kappa shape index (κ2) is 30.1. The Morgan fingerprint density at radius 1 is 0.301 bits per heavy atom. The lowest BCUT2D eigenvalue weighted by Crippen LogP contribution is -2.32. The Morgan fingerprint density at radius 3 is 1.11 bits per heavy atom. The van der Waals surface area contributed by atoms with Crippen LogP contribution in [0.15, 0.2) is 121 Å². The summed E-state index contributed by atoms with van der Waals surface area (Å²) < 4.78 is 59.5. The minimum atomic E-state index is -0.893. The molecule has 4 heterocycles. The third kappa shape index (κ3) is 15.3. The quantitative estimate of drug-likeness (QED) is 0.0536. The zero-order valence-electron chi connectivity index (χ0n) is 52.3. The molecule has 13 N–H and O–H groups in total. The Hall–Kier alpha value is -10.4. The van der Waals surface area contributed by atoms with Crippen LogP contribution in [0.2, 0.25) is 0 Å². The van der Waals surface area contributed by atoms with Crippen LogP contribution < -0.4 is 47.4 Å². The van der Waals surface area contributed by atoms with Gasteiger partial charge in [-0.1, -0.05) is 38.1 Å². The molecule has 0 saturated carbocycles. The Bertz CT molecular complexity index is 3890. The van der Waals surface area contributed by atoms with Gasteiger partial charge in [0.2, 0.25) is 0 Å². The maximum atomic E-state index is 10.4. The molecule has 4 aliphatic heterocycles. The van der Waals surface area contributed by atoms with E-state index in [1.807, 2.05) is 13.8 Å². The van der Waals surface area contributed by atoms with Gasteiger partial charge in [-0.15, -0.1) is 0 Å². The Labute approximate surface area is 535 Å². The molecule has 12 rings (SSSR count). The van der Waals surface area contributed by atoms with E-state index in [2.05, 4.69) is 0 Å². The number of fused-ring (bicyclic) bond motifs is 4. The molecule has 0 fully saturated rings. The van der Waals surface area contributed by atoms with Crippen LogP contribution in [0.4, 0.5) is 0 Å². The molecule has 93 heavy (non-hydrogen) atoms. The molecule has 0 spiro atoms. The van der Waals surface area contributed by atoms with Crippen LogP contribution in [0.5, 0.6) is 115 Å². The molecular weight excluding hydrogens is 1210 g/mol. The average molecular weight is 1290 g/mol. The molecule has 0 saturated heterocycles. The van der Waals surface area contributed by atoms with Crippen molar-refractivity contribution >= 4 is 0 Å². The summed E-state index contributed by atoms with van der Waals surface area (Å²) >= 11 is 0. The zero-order valence-corrected chi connectivity index (χ0v) is 52.3. The minimum absolute atomic E-state index is 0.0151. The summed E-state index contributed by atoms with van der Waals surface area (Å²) in [5, 5.41) is 129. The normalized spacial score (nSPS) is 19.4. The summed E-state index contributed by atoms with van der Waals surface area (Å²) in [5.41, 5.74) is 4.85. The van der Waals surface area contributed by atoms with Gasteiger partial charge in [0.25, 0.3) is 0 Å². The maximum absolute atomic E-state index is 10.4. The highest BCUT2D eigenvalue weighted by Crippen LogP contribution is 2.48. The summed E-state index contributed by atoms with van der Waals surface area (Å²) in [6.45, 7) is 4.00. The predicted molar refractivity (Wildman–Crippen MR) is 336 cm³/mol. The average Bonchev–Trinajstić information content (AvgIpc) is 0.949. The number of aliphatic hydroxyl groups is 3. The van der Waals surface area contributed by atoms with Gasteiger partial charge in [-0.25, -0.2) is 0 Å². The molecule has 0 radical (unpaired) electrons. The van der Waals surface area contributed by atoms with Crippen LogP contribution in [0.1, 0.15) is 82.8 Å². The first-order chi connectivity index (χ1) is 44.6. The van der Waals surface area contributed by atoms with Gasteiger partial charge in [0.15, 0.2) is 52.1 Å². The van der Waals surface area contributed by atoms with E-state index >= 15 is 0 Å². The summed E-state index contributed by atoms with van der Waals surface area (Å²) in [4.78, 5) is 0. The number of methoxy groups -OCH3 is 7. The number of rotatable bonds is 11. The zero-order chi connectivity index (χ0) is 67.5. The molecular formula is C69H76O24. The number of benzene rings is 8. The summed E-state index contributed by atoms with van der Waals surface area (Å²) in [6.07, 6.45) is -4.18. The van der Waals surface area contributed by atoms with E-state index in [4.69, 9.17) is 52.1 Å². The predicted octanol–water partition coefficient (Wildman–Crippen LogP) is 9.68. The number of hydrogen-bond donors (Lipinski definition) is 13. The summed E-state index contributed by atoms with van der Waals surface area (Å²) in [5.74, 6) is 3.55. The highest BCUT2D eigenvalue weighted by Gasteiger charge is 2.37. The van der Waals surface area contributed by atoms with Crippen molar-refractivity contribution in [1.82, 2.24) is 0 Å². The van der Waals surface area contributed by atoms with Gasteiger partial charge in [0.1, 0.15) is 93.4 Å². The number of ether oxygens (including phenoxy) is 11. The van der Waals surface area contributed by atoms with Crippen LogP contribution in [0, 0.1) is 0 Å².